The van der Waals surface area contributed by atoms with Gasteiger partial charge < -0.3 is 10.1 Å². The molecule has 2 aliphatic heterocycles. The van der Waals surface area contributed by atoms with Gasteiger partial charge in [0, 0.05) is 13.0 Å². The quantitative estimate of drug-likeness (QED) is 0.388. The number of hydrogen-bond donors (Lipinski definition) is 2. The van der Waals surface area contributed by atoms with Gasteiger partial charge in [-0.15, -0.1) is 0 Å². The molecule has 0 saturated carbocycles. The summed E-state index contributed by atoms with van der Waals surface area (Å²) in [6.45, 7) is 4.68. The number of nitrogens with one attached hydrogen (secondary N) is 2. The number of carbonyl (C=O) groups excluding carboxylic acids is 5. The van der Waals surface area contributed by atoms with E-state index >= 15 is 0 Å². The lowest BCUT2D eigenvalue weighted by atomic mass is 10.0. The maximum absolute atomic E-state index is 13.0. The predicted molar refractivity (Wildman–Crippen MR) is 120 cm³/mol. The highest BCUT2D eigenvalue weighted by atomic mass is 16.5. The van der Waals surface area contributed by atoms with Crippen molar-refractivity contribution in [2.75, 3.05) is 13.2 Å². The van der Waals surface area contributed by atoms with Crippen LogP contribution in [0.4, 0.5) is 0 Å². The van der Waals surface area contributed by atoms with Crippen LogP contribution in [0.1, 0.15) is 79.5 Å². The fourth-order valence-corrected chi connectivity index (χ4v) is 4.06. The van der Waals surface area contributed by atoms with E-state index in [-0.39, 0.29) is 42.2 Å². The Bertz CT molecular complexity index is 942. The molecule has 1 aromatic rings. The van der Waals surface area contributed by atoms with Gasteiger partial charge in [0.05, 0.1) is 11.1 Å². The minimum absolute atomic E-state index is 0.0325. The lowest BCUT2D eigenvalue weighted by molar-refractivity contribution is -0.136. The second kappa shape index (κ2) is 11.1. The van der Waals surface area contributed by atoms with Crippen molar-refractivity contribution in [3.63, 3.8) is 0 Å². The van der Waals surface area contributed by atoms with Crippen LogP contribution >= 0.6 is 0 Å². The molecular formula is C24H31N3O6. The van der Waals surface area contributed by atoms with Crippen molar-refractivity contribution in [3.8, 4) is 5.75 Å². The first kappa shape index (κ1) is 24.4. The van der Waals surface area contributed by atoms with Gasteiger partial charge >= 0.3 is 0 Å². The zero-order valence-corrected chi connectivity index (χ0v) is 19.1. The molecule has 0 radical (unpaired) electrons. The molecule has 3 rings (SSSR count). The van der Waals surface area contributed by atoms with Gasteiger partial charge in [0.25, 0.3) is 17.7 Å². The number of nitrogens with zero attached hydrogens (tertiary/aromatic N) is 1. The van der Waals surface area contributed by atoms with Gasteiger partial charge in [-0.2, -0.15) is 0 Å². The molecule has 1 atom stereocenters. The summed E-state index contributed by atoms with van der Waals surface area (Å²) in [5.41, 5.74) is 0.147. The standard InChI is InChI=1S/C24H31N3O6/c1-15(2)8-5-3-4-6-13-25-20(29)14-33-18-10-7-9-16-21(18)24(32)27(23(16)31)17-11-12-19(28)26-22(17)30/h7,9-10,15,17H,3-6,8,11-14H2,1-2H3,(H,25,29)(H,26,28,30). The average molecular weight is 458 g/mol. The molecule has 1 fully saturated rings. The number of unbranched alkanes of at least 4 members (excludes halogenated alkanes) is 3. The summed E-state index contributed by atoms with van der Waals surface area (Å²) < 4.78 is 5.56. The lowest BCUT2D eigenvalue weighted by Gasteiger charge is -2.27. The van der Waals surface area contributed by atoms with Gasteiger partial charge in [0.1, 0.15) is 11.8 Å². The number of hydrogen-bond acceptors (Lipinski definition) is 6. The molecule has 0 aromatic heterocycles. The zero-order chi connectivity index (χ0) is 24.0. The zero-order valence-electron chi connectivity index (χ0n) is 19.1. The minimum Gasteiger partial charge on any atom is -0.483 e. The predicted octanol–water partition coefficient (Wildman–Crippen LogP) is 2.19. The van der Waals surface area contributed by atoms with Crippen molar-refractivity contribution in [3.05, 3.63) is 29.3 Å². The van der Waals surface area contributed by atoms with Crippen LogP contribution in [0.2, 0.25) is 0 Å². The highest BCUT2D eigenvalue weighted by Gasteiger charge is 2.46. The molecule has 2 aliphatic rings. The molecule has 9 nitrogen and oxygen atoms in total. The number of amides is 5. The second-order valence-electron chi connectivity index (χ2n) is 8.86. The molecule has 0 spiro atoms. The van der Waals surface area contributed by atoms with E-state index in [1.54, 1.807) is 6.07 Å². The Kier molecular flexibility index (Phi) is 8.19. The normalized spacial score (nSPS) is 17.9. The third-order valence-electron chi connectivity index (χ3n) is 5.82. The Balaban J connectivity index is 1.53. The second-order valence-corrected chi connectivity index (χ2v) is 8.86. The summed E-state index contributed by atoms with van der Waals surface area (Å²) in [4.78, 5) is 62.4. The molecule has 9 heteroatoms. The molecule has 0 bridgehead atoms. The highest BCUT2D eigenvalue weighted by molar-refractivity contribution is 6.24. The van der Waals surface area contributed by atoms with E-state index in [4.69, 9.17) is 4.74 Å². The van der Waals surface area contributed by atoms with E-state index in [0.717, 1.165) is 24.2 Å². The van der Waals surface area contributed by atoms with Crippen molar-refractivity contribution < 1.29 is 28.7 Å². The summed E-state index contributed by atoms with van der Waals surface area (Å²) in [6.07, 6.45) is 5.60. The summed E-state index contributed by atoms with van der Waals surface area (Å²) in [5.74, 6) is -1.87. The topological polar surface area (TPSA) is 122 Å². The van der Waals surface area contributed by atoms with Gasteiger partial charge in [0.2, 0.25) is 11.8 Å². The van der Waals surface area contributed by atoms with Gasteiger partial charge in [-0.05, 0) is 30.9 Å². The molecule has 33 heavy (non-hydrogen) atoms. The molecular weight excluding hydrogens is 426 g/mol. The van der Waals surface area contributed by atoms with E-state index in [9.17, 15) is 24.0 Å². The van der Waals surface area contributed by atoms with Crippen LogP contribution in [0.25, 0.3) is 0 Å². The van der Waals surface area contributed by atoms with Crippen molar-refractivity contribution in [2.45, 2.75) is 64.8 Å². The first-order valence-corrected chi connectivity index (χ1v) is 11.5. The Morgan fingerprint density at radius 2 is 1.88 bits per heavy atom. The number of benzene rings is 1. The number of imide groups is 2. The van der Waals surface area contributed by atoms with Crippen LogP contribution in [0.5, 0.6) is 5.75 Å². The number of ether oxygens (including phenoxy) is 1. The van der Waals surface area contributed by atoms with Gasteiger partial charge in [-0.3, -0.25) is 34.2 Å². The first-order valence-electron chi connectivity index (χ1n) is 11.5. The highest BCUT2D eigenvalue weighted by Crippen LogP contribution is 2.33. The lowest BCUT2D eigenvalue weighted by Crippen LogP contribution is -2.54. The fourth-order valence-electron chi connectivity index (χ4n) is 4.06. The maximum Gasteiger partial charge on any atom is 0.266 e. The number of piperidine rings is 1. The maximum atomic E-state index is 13.0. The van der Waals surface area contributed by atoms with E-state index in [1.807, 2.05) is 0 Å². The molecule has 1 aromatic carbocycles. The van der Waals surface area contributed by atoms with Crippen LogP contribution in [0.15, 0.2) is 18.2 Å². The largest absolute Gasteiger partial charge is 0.483 e. The van der Waals surface area contributed by atoms with E-state index in [1.165, 1.54) is 25.0 Å². The monoisotopic (exact) mass is 457 g/mol. The summed E-state index contributed by atoms with van der Waals surface area (Å²) in [5, 5.41) is 4.96. The summed E-state index contributed by atoms with van der Waals surface area (Å²) in [7, 11) is 0. The van der Waals surface area contributed by atoms with Crippen LogP contribution in [-0.4, -0.2) is 53.6 Å². The van der Waals surface area contributed by atoms with Crippen molar-refractivity contribution in [1.29, 1.82) is 0 Å². The Morgan fingerprint density at radius 3 is 2.61 bits per heavy atom. The Labute approximate surface area is 193 Å². The van der Waals surface area contributed by atoms with E-state index in [0.29, 0.717) is 12.5 Å². The molecule has 2 N–H and O–H groups in total. The molecule has 5 amide bonds. The fraction of sp³-hybridized carbons (Fsp3) is 0.542. The van der Waals surface area contributed by atoms with Crippen LogP contribution in [0.3, 0.4) is 0 Å². The Morgan fingerprint density at radius 1 is 1.12 bits per heavy atom. The van der Waals surface area contributed by atoms with Crippen LogP contribution in [0, 0.1) is 5.92 Å². The van der Waals surface area contributed by atoms with E-state index < -0.39 is 29.7 Å². The first-order chi connectivity index (χ1) is 15.8. The average Bonchev–Trinajstić information content (AvgIpc) is 3.02. The van der Waals surface area contributed by atoms with Gasteiger partial charge in [-0.1, -0.05) is 45.6 Å². The molecule has 1 saturated heterocycles. The number of carbonyl (C=O) groups is 5. The van der Waals surface area contributed by atoms with Crippen molar-refractivity contribution in [1.82, 2.24) is 15.5 Å². The SMILES string of the molecule is CC(C)CCCCCCNC(=O)COc1cccc2c1C(=O)N(C1CCC(=O)NC1=O)C2=O. The van der Waals surface area contributed by atoms with Crippen molar-refractivity contribution in [2.24, 2.45) is 5.92 Å². The van der Waals surface area contributed by atoms with E-state index in [2.05, 4.69) is 24.5 Å². The molecule has 0 aliphatic carbocycles. The summed E-state index contributed by atoms with van der Waals surface area (Å²) in [6, 6.07) is 3.50. The number of fused-ring (bicyclic) bond motifs is 1. The third-order valence-corrected chi connectivity index (χ3v) is 5.82. The molecule has 2 heterocycles. The van der Waals surface area contributed by atoms with Crippen LogP contribution < -0.4 is 15.4 Å². The summed E-state index contributed by atoms with van der Waals surface area (Å²) >= 11 is 0. The molecule has 178 valence electrons. The smallest absolute Gasteiger partial charge is 0.266 e. The van der Waals surface area contributed by atoms with Crippen LogP contribution in [-0.2, 0) is 14.4 Å². The number of rotatable bonds is 11. The van der Waals surface area contributed by atoms with Crippen molar-refractivity contribution >= 4 is 29.5 Å². The third kappa shape index (κ3) is 5.97. The molecule has 1 unspecified atom stereocenters. The minimum atomic E-state index is -1.05. The Hall–Kier alpha value is -3.23. The van der Waals surface area contributed by atoms with Gasteiger partial charge in [0.15, 0.2) is 6.61 Å². The van der Waals surface area contributed by atoms with Gasteiger partial charge in [-0.25, -0.2) is 0 Å².